The molecule has 0 bridgehead atoms. The van der Waals surface area contributed by atoms with Gasteiger partial charge in [0.05, 0.1) is 12.8 Å². The Labute approximate surface area is 186 Å². The van der Waals surface area contributed by atoms with Gasteiger partial charge in [0.15, 0.2) is 0 Å². The van der Waals surface area contributed by atoms with Crippen molar-refractivity contribution in [1.82, 2.24) is 9.97 Å². The monoisotopic (exact) mass is 425 g/mol. The number of nitrogens with zero attached hydrogens (tertiary/aromatic N) is 2. The van der Waals surface area contributed by atoms with Crippen molar-refractivity contribution in [2.24, 2.45) is 0 Å². The fraction of sp³-hybridized carbons (Fsp3) is 0.115. The van der Waals surface area contributed by atoms with Crippen molar-refractivity contribution in [3.8, 4) is 28.1 Å². The zero-order chi connectivity index (χ0) is 22.3. The number of hydrogen-bond acceptors (Lipinski definition) is 5. The minimum atomic E-state index is -0.933. The normalized spacial score (nSPS) is 11.5. The number of nitrogens with one attached hydrogen (secondary N) is 1. The summed E-state index contributed by atoms with van der Waals surface area (Å²) in [6.07, 6.45) is 1.79. The first-order valence-electron chi connectivity index (χ1n) is 10.2. The van der Waals surface area contributed by atoms with Gasteiger partial charge in [-0.05, 0) is 28.8 Å². The molecule has 2 N–H and O–H groups in total. The van der Waals surface area contributed by atoms with E-state index in [1.807, 2.05) is 78.9 Å². The van der Waals surface area contributed by atoms with Crippen LogP contribution >= 0.6 is 0 Å². The summed E-state index contributed by atoms with van der Waals surface area (Å²) in [5.74, 6) is 0.355. The maximum Gasteiger partial charge on any atom is 0.326 e. The van der Waals surface area contributed by atoms with Gasteiger partial charge >= 0.3 is 5.97 Å². The molecule has 0 aliphatic rings. The van der Waals surface area contributed by atoms with Crippen molar-refractivity contribution in [3.63, 3.8) is 0 Å². The van der Waals surface area contributed by atoms with Gasteiger partial charge in [-0.15, -0.1) is 0 Å². The van der Waals surface area contributed by atoms with Crippen molar-refractivity contribution in [3.05, 3.63) is 96.8 Å². The highest BCUT2D eigenvalue weighted by molar-refractivity contribution is 5.78. The summed E-state index contributed by atoms with van der Waals surface area (Å²) in [6.45, 7) is 0. The van der Waals surface area contributed by atoms with E-state index < -0.39 is 12.0 Å². The number of rotatable bonds is 8. The number of methoxy groups -OCH3 is 1. The number of carbonyl (C=O) groups is 1. The Kier molecular flexibility index (Phi) is 6.41. The standard InChI is InChI=1S/C26H23N3O3/c1-32-22-13-11-20(12-14-22)19-7-9-21(10-8-19)23-16-25(28-17-27-23)29-24(26(30)31)15-18-5-3-2-4-6-18/h2-14,16-17,24H,15H2,1H3,(H,30,31)(H,27,28,29)/t24-/m0/s1. The van der Waals surface area contributed by atoms with E-state index in [0.717, 1.165) is 28.0 Å². The summed E-state index contributed by atoms with van der Waals surface area (Å²) in [7, 11) is 1.65. The first-order chi connectivity index (χ1) is 15.6. The van der Waals surface area contributed by atoms with E-state index in [2.05, 4.69) is 15.3 Å². The fourth-order valence-corrected chi connectivity index (χ4v) is 3.44. The maximum atomic E-state index is 11.8. The van der Waals surface area contributed by atoms with Gasteiger partial charge in [-0.2, -0.15) is 0 Å². The molecule has 6 heteroatoms. The summed E-state index contributed by atoms with van der Waals surface area (Å²) >= 11 is 0. The zero-order valence-electron chi connectivity index (χ0n) is 17.6. The Morgan fingerprint density at radius 1 is 0.906 bits per heavy atom. The molecular formula is C26H23N3O3. The van der Waals surface area contributed by atoms with Crippen LogP contribution in [0.2, 0.25) is 0 Å². The number of ether oxygens (including phenoxy) is 1. The number of carboxylic acids is 1. The number of carboxylic acid groups (broad SMARTS) is 1. The molecule has 160 valence electrons. The quantitative estimate of drug-likeness (QED) is 0.417. The van der Waals surface area contributed by atoms with Gasteiger partial charge in [-0.1, -0.05) is 66.7 Å². The molecule has 32 heavy (non-hydrogen) atoms. The third-order valence-electron chi connectivity index (χ3n) is 5.17. The van der Waals surface area contributed by atoms with Crippen molar-refractivity contribution in [1.29, 1.82) is 0 Å². The SMILES string of the molecule is COc1ccc(-c2ccc(-c3cc(N[C@@H](Cc4ccccc4)C(=O)O)ncn3)cc2)cc1. The van der Waals surface area contributed by atoms with Crippen LogP contribution in [0.3, 0.4) is 0 Å². The molecule has 0 spiro atoms. The number of hydrogen-bond donors (Lipinski definition) is 2. The molecule has 0 fully saturated rings. The smallest absolute Gasteiger partial charge is 0.326 e. The number of aliphatic carboxylic acids is 1. The second kappa shape index (κ2) is 9.75. The number of anilines is 1. The lowest BCUT2D eigenvalue weighted by atomic mass is 10.0. The summed E-state index contributed by atoms with van der Waals surface area (Å²) < 4.78 is 5.21. The minimum absolute atomic E-state index is 0.353. The molecule has 0 aliphatic heterocycles. The molecule has 4 rings (SSSR count). The van der Waals surface area contributed by atoms with Gasteiger partial charge in [-0.3, -0.25) is 0 Å². The van der Waals surface area contributed by atoms with Crippen molar-refractivity contribution < 1.29 is 14.6 Å². The van der Waals surface area contributed by atoms with Crippen LogP contribution in [0.5, 0.6) is 5.75 Å². The van der Waals surface area contributed by atoms with Crippen LogP contribution in [-0.4, -0.2) is 34.2 Å². The molecule has 1 aromatic heterocycles. The number of benzene rings is 3. The lowest BCUT2D eigenvalue weighted by Gasteiger charge is -2.15. The summed E-state index contributed by atoms with van der Waals surface area (Å²) in [5, 5.41) is 12.7. The van der Waals surface area contributed by atoms with E-state index >= 15 is 0 Å². The second-order valence-electron chi connectivity index (χ2n) is 7.32. The molecule has 0 saturated carbocycles. The maximum absolute atomic E-state index is 11.8. The van der Waals surface area contributed by atoms with Crippen LogP contribution in [-0.2, 0) is 11.2 Å². The Morgan fingerprint density at radius 2 is 1.53 bits per heavy atom. The van der Waals surface area contributed by atoms with Crippen molar-refractivity contribution >= 4 is 11.8 Å². The molecule has 4 aromatic rings. The van der Waals surface area contributed by atoms with Crippen LogP contribution < -0.4 is 10.1 Å². The van der Waals surface area contributed by atoms with Crippen molar-refractivity contribution in [2.75, 3.05) is 12.4 Å². The van der Waals surface area contributed by atoms with E-state index in [1.54, 1.807) is 13.2 Å². The highest BCUT2D eigenvalue weighted by Gasteiger charge is 2.18. The van der Waals surface area contributed by atoms with Gasteiger partial charge in [0.2, 0.25) is 0 Å². The third-order valence-corrected chi connectivity index (χ3v) is 5.17. The Balaban J connectivity index is 1.51. The Morgan fingerprint density at radius 3 is 2.16 bits per heavy atom. The van der Waals surface area contributed by atoms with Gasteiger partial charge in [0, 0.05) is 18.1 Å². The average molecular weight is 425 g/mol. The molecule has 1 heterocycles. The number of aromatic nitrogens is 2. The van der Waals surface area contributed by atoms with Gasteiger partial charge in [0.25, 0.3) is 0 Å². The van der Waals surface area contributed by atoms with Gasteiger partial charge in [-0.25, -0.2) is 14.8 Å². The molecule has 0 saturated heterocycles. The van der Waals surface area contributed by atoms with Crippen LogP contribution in [0, 0.1) is 0 Å². The first-order valence-corrected chi connectivity index (χ1v) is 10.2. The third kappa shape index (κ3) is 5.10. The predicted octanol–water partition coefficient (Wildman–Crippen LogP) is 4.93. The van der Waals surface area contributed by atoms with Crippen LogP contribution in [0.25, 0.3) is 22.4 Å². The van der Waals surface area contributed by atoms with Crippen LogP contribution in [0.4, 0.5) is 5.82 Å². The lowest BCUT2D eigenvalue weighted by molar-refractivity contribution is -0.137. The van der Waals surface area contributed by atoms with E-state index in [4.69, 9.17) is 4.74 Å². The second-order valence-corrected chi connectivity index (χ2v) is 7.32. The highest BCUT2D eigenvalue weighted by atomic mass is 16.5. The van der Waals surface area contributed by atoms with E-state index in [9.17, 15) is 9.90 Å². The molecular weight excluding hydrogens is 402 g/mol. The lowest BCUT2D eigenvalue weighted by Crippen LogP contribution is -2.31. The van der Waals surface area contributed by atoms with E-state index in [-0.39, 0.29) is 0 Å². The minimum Gasteiger partial charge on any atom is -0.497 e. The average Bonchev–Trinajstić information content (AvgIpc) is 2.84. The van der Waals surface area contributed by atoms with E-state index in [1.165, 1.54) is 6.33 Å². The molecule has 0 amide bonds. The van der Waals surface area contributed by atoms with Crippen LogP contribution in [0.1, 0.15) is 5.56 Å². The molecule has 0 unspecified atom stereocenters. The summed E-state index contributed by atoms with van der Waals surface area (Å²) in [6, 6.07) is 26.4. The molecule has 0 aliphatic carbocycles. The van der Waals surface area contributed by atoms with Gasteiger partial charge < -0.3 is 15.2 Å². The zero-order valence-corrected chi connectivity index (χ0v) is 17.6. The molecule has 0 radical (unpaired) electrons. The largest absolute Gasteiger partial charge is 0.497 e. The van der Waals surface area contributed by atoms with Crippen LogP contribution in [0.15, 0.2) is 91.3 Å². The Bertz CT molecular complexity index is 1180. The molecule has 3 aromatic carbocycles. The molecule has 6 nitrogen and oxygen atoms in total. The topological polar surface area (TPSA) is 84.3 Å². The summed E-state index contributed by atoms with van der Waals surface area (Å²) in [4.78, 5) is 20.3. The predicted molar refractivity (Wildman–Crippen MR) is 125 cm³/mol. The highest BCUT2D eigenvalue weighted by Crippen LogP contribution is 2.26. The first kappa shape index (κ1) is 21.1. The molecule has 1 atom stereocenters. The fourth-order valence-electron chi connectivity index (χ4n) is 3.44. The summed E-state index contributed by atoms with van der Waals surface area (Å²) in [5.41, 5.74) is 4.75. The van der Waals surface area contributed by atoms with Gasteiger partial charge in [0.1, 0.15) is 23.9 Å². The Hall–Kier alpha value is -4.19. The van der Waals surface area contributed by atoms with Crippen molar-refractivity contribution in [2.45, 2.75) is 12.5 Å². The van der Waals surface area contributed by atoms with E-state index in [0.29, 0.717) is 17.9 Å².